The second kappa shape index (κ2) is 12.8. The van der Waals surface area contributed by atoms with Crippen LogP contribution < -0.4 is 0 Å². The van der Waals surface area contributed by atoms with Crippen LogP contribution in [0.2, 0.25) is 10.2 Å². The third-order valence-electron chi connectivity index (χ3n) is 4.73. The van der Waals surface area contributed by atoms with Crippen LogP contribution in [0.3, 0.4) is 0 Å². The Morgan fingerprint density at radius 2 is 2.15 bits per heavy atom. The predicted molar refractivity (Wildman–Crippen MR) is 129 cm³/mol. The first-order chi connectivity index (χ1) is 16.0. The number of piperidine rings is 1. The quantitative estimate of drug-likeness (QED) is 0.0825. The van der Waals surface area contributed by atoms with Crippen molar-refractivity contribution in [1.82, 2.24) is 15.1 Å². The number of aldehydes is 1. The third kappa shape index (κ3) is 7.10. The van der Waals surface area contributed by atoms with Crippen LogP contribution in [0.25, 0.3) is 10.4 Å². The number of ether oxygens (including phenoxy) is 1. The fourth-order valence-electron chi connectivity index (χ4n) is 3.28. The van der Waals surface area contributed by atoms with Gasteiger partial charge < -0.3 is 4.74 Å². The van der Waals surface area contributed by atoms with Crippen molar-refractivity contribution in [3.8, 4) is 0 Å². The molecule has 2 heterocycles. The molecule has 33 heavy (non-hydrogen) atoms. The lowest BCUT2D eigenvalue weighted by molar-refractivity contribution is -0.150. The van der Waals surface area contributed by atoms with E-state index in [0.29, 0.717) is 40.3 Å². The van der Waals surface area contributed by atoms with Gasteiger partial charge in [-0.3, -0.25) is 9.69 Å². The van der Waals surface area contributed by atoms with Crippen LogP contribution in [0.4, 0.5) is 0 Å². The summed E-state index contributed by atoms with van der Waals surface area (Å²) in [6.07, 6.45) is 2.93. The van der Waals surface area contributed by atoms with Gasteiger partial charge in [-0.1, -0.05) is 57.3 Å². The van der Waals surface area contributed by atoms with E-state index < -0.39 is 18.7 Å². The van der Waals surface area contributed by atoms with Crippen LogP contribution in [0.1, 0.15) is 18.0 Å². The topological polar surface area (TPSA) is 121 Å². The standard InChI is InChI=1S/C20H18Cl2N6O3S2/c21-15-4-2-1-3-14(15)19(20(30)31-12-24-27-23)28-9-7-16(13(11-28)8-10-29)32-33-18-6-5-17(22)25-26-18/h1-6,8,10,16,19H,7,9,11-12H2/b13-8-. The molecule has 1 saturated heterocycles. The molecule has 2 atom stereocenters. The molecule has 0 amide bonds. The number of aromatic nitrogens is 2. The van der Waals surface area contributed by atoms with Crippen LogP contribution in [0.5, 0.6) is 0 Å². The molecule has 0 spiro atoms. The lowest BCUT2D eigenvalue weighted by Gasteiger charge is -2.37. The monoisotopic (exact) mass is 524 g/mol. The van der Waals surface area contributed by atoms with Gasteiger partial charge in [-0.15, -0.1) is 10.2 Å². The van der Waals surface area contributed by atoms with Crippen molar-refractivity contribution < 1.29 is 14.3 Å². The second-order valence-electron chi connectivity index (χ2n) is 6.75. The largest absolute Gasteiger partial charge is 0.458 e. The zero-order chi connectivity index (χ0) is 23.6. The summed E-state index contributed by atoms with van der Waals surface area (Å²) in [5, 5.41) is 12.6. The van der Waals surface area contributed by atoms with Crippen molar-refractivity contribution in [2.75, 3.05) is 19.8 Å². The van der Waals surface area contributed by atoms with Crippen molar-refractivity contribution >= 4 is 57.0 Å². The smallest absolute Gasteiger partial charge is 0.328 e. The molecule has 0 aliphatic carbocycles. The minimum atomic E-state index is -0.816. The molecule has 1 fully saturated rings. The van der Waals surface area contributed by atoms with E-state index in [2.05, 4.69) is 20.2 Å². The van der Waals surface area contributed by atoms with Crippen LogP contribution in [-0.4, -0.2) is 52.4 Å². The van der Waals surface area contributed by atoms with Crippen molar-refractivity contribution in [2.45, 2.75) is 22.7 Å². The molecule has 172 valence electrons. The Morgan fingerprint density at radius 1 is 1.33 bits per heavy atom. The van der Waals surface area contributed by atoms with Crippen LogP contribution in [-0.2, 0) is 14.3 Å². The summed E-state index contributed by atoms with van der Waals surface area (Å²) >= 11 is 12.2. The first-order valence-corrected chi connectivity index (χ1v) is 12.6. The summed E-state index contributed by atoms with van der Waals surface area (Å²) in [7, 11) is 3.01. The van der Waals surface area contributed by atoms with Crippen molar-refractivity contribution in [3.05, 3.63) is 74.2 Å². The van der Waals surface area contributed by atoms with Gasteiger partial charge in [-0.05, 0) is 58.2 Å². The molecule has 0 radical (unpaired) electrons. The van der Waals surface area contributed by atoms with E-state index in [1.165, 1.54) is 16.9 Å². The van der Waals surface area contributed by atoms with Gasteiger partial charge in [0.25, 0.3) is 0 Å². The Balaban J connectivity index is 1.78. The Labute approximate surface area is 207 Å². The molecular formula is C20H18Cl2N6O3S2. The molecule has 1 aliphatic heterocycles. The number of azide groups is 1. The fourth-order valence-corrected chi connectivity index (χ4v) is 6.09. The SMILES string of the molecule is [N-]=[N+]=NCOC(=O)C(c1ccccc1Cl)N1CCC(SSc2ccc(Cl)nn2)/C(=C\C=O)C1. The number of carbonyl (C=O) groups excluding carboxylic acids is 2. The maximum absolute atomic E-state index is 12.9. The van der Waals surface area contributed by atoms with E-state index in [0.717, 1.165) is 11.9 Å². The number of nitrogens with zero attached hydrogens (tertiary/aromatic N) is 6. The normalized spacial score (nSPS) is 18.4. The Kier molecular flexibility index (Phi) is 9.86. The molecule has 3 rings (SSSR count). The Bertz CT molecular complexity index is 1070. The number of hydrogen-bond donors (Lipinski definition) is 0. The molecule has 0 saturated carbocycles. The number of rotatable bonds is 9. The number of halogens is 2. The number of likely N-dealkylation sites (tertiary alicyclic amines) is 1. The number of esters is 1. The van der Waals surface area contributed by atoms with E-state index in [1.807, 2.05) is 4.90 Å². The maximum atomic E-state index is 12.9. The van der Waals surface area contributed by atoms with Crippen LogP contribution in [0.15, 0.2) is 58.2 Å². The van der Waals surface area contributed by atoms with Gasteiger partial charge in [0.1, 0.15) is 17.4 Å². The molecule has 13 heteroatoms. The van der Waals surface area contributed by atoms with Gasteiger partial charge in [-0.2, -0.15) is 0 Å². The van der Waals surface area contributed by atoms with E-state index in [1.54, 1.807) is 47.2 Å². The summed E-state index contributed by atoms with van der Waals surface area (Å²) in [6.45, 7) is 0.488. The zero-order valence-electron chi connectivity index (χ0n) is 17.1. The first-order valence-electron chi connectivity index (χ1n) is 9.66. The molecule has 1 aromatic heterocycles. The highest BCUT2D eigenvalue weighted by Crippen LogP contribution is 2.41. The van der Waals surface area contributed by atoms with Gasteiger partial charge in [0, 0.05) is 28.3 Å². The van der Waals surface area contributed by atoms with Crippen molar-refractivity contribution in [2.24, 2.45) is 5.11 Å². The summed E-state index contributed by atoms with van der Waals surface area (Å²) in [6, 6.07) is 9.62. The van der Waals surface area contributed by atoms with Gasteiger partial charge in [0.05, 0.1) is 0 Å². The summed E-state index contributed by atoms with van der Waals surface area (Å²) in [5.41, 5.74) is 9.91. The number of allylic oxidation sites excluding steroid dienone is 1. The van der Waals surface area contributed by atoms with Gasteiger partial charge in [0.15, 0.2) is 11.9 Å². The molecule has 1 aromatic carbocycles. The minimum absolute atomic E-state index is 0.0278. The second-order valence-corrected chi connectivity index (χ2v) is 9.96. The molecule has 1 aliphatic rings. The zero-order valence-corrected chi connectivity index (χ0v) is 20.2. The third-order valence-corrected chi connectivity index (χ3v) is 8.03. The molecular weight excluding hydrogens is 507 g/mol. The van der Waals surface area contributed by atoms with E-state index in [9.17, 15) is 9.59 Å². The van der Waals surface area contributed by atoms with Crippen LogP contribution in [0, 0.1) is 0 Å². The number of hydrogen-bond acceptors (Lipinski definition) is 9. The highest BCUT2D eigenvalue weighted by molar-refractivity contribution is 8.77. The first kappa shape index (κ1) is 25.4. The number of benzene rings is 1. The van der Waals surface area contributed by atoms with E-state index in [-0.39, 0.29) is 5.25 Å². The molecule has 0 bridgehead atoms. The maximum Gasteiger partial charge on any atom is 0.328 e. The Morgan fingerprint density at radius 3 is 2.85 bits per heavy atom. The lowest BCUT2D eigenvalue weighted by Crippen LogP contribution is -2.43. The summed E-state index contributed by atoms with van der Waals surface area (Å²) in [4.78, 5) is 28.8. The summed E-state index contributed by atoms with van der Waals surface area (Å²) < 4.78 is 5.16. The Hall–Kier alpha value is -2.27. The van der Waals surface area contributed by atoms with E-state index in [4.69, 9.17) is 33.5 Å². The lowest BCUT2D eigenvalue weighted by atomic mass is 9.98. The molecule has 0 N–H and O–H groups in total. The summed E-state index contributed by atoms with van der Waals surface area (Å²) in [5.74, 6) is -0.585. The highest BCUT2D eigenvalue weighted by Gasteiger charge is 2.35. The fraction of sp³-hybridized carbons (Fsp3) is 0.300. The number of carbonyl (C=O) groups is 2. The molecule has 2 unspecified atom stereocenters. The van der Waals surface area contributed by atoms with Gasteiger partial charge >= 0.3 is 5.97 Å². The van der Waals surface area contributed by atoms with E-state index >= 15 is 0 Å². The van der Waals surface area contributed by atoms with Crippen LogP contribution >= 0.6 is 44.8 Å². The van der Waals surface area contributed by atoms with Gasteiger partial charge in [0.2, 0.25) is 0 Å². The minimum Gasteiger partial charge on any atom is -0.458 e. The van der Waals surface area contributed by atoms with Crippen molar-refractivity contribution in [3.63, 3.8) is 0 Å². The highest BCUT2D eigenvalue weighted by atomic mass is 35.5. The van der Waals surface area contributed by atoms with Gasteiger partial charge in [-0.25, -0.2) is 4.79 Å². The molecule has 2 aromatic rings. The molecule has 9 nitrogen and oxygen atoms in total. The average Bonchev–Trinajstić information content (AvgIpc) is 2.81. The van der Waals surface area contributed by atoms with Crippen molar-refractivity contribution in [1.29, 1.82) is 0 Å². The average molecular weight is 525 g/mol. The predicted octanol–water partition coefficient (Wildman–Crippen LogP) is 5.28.